The van der Waals surface area contributed by atoms with Crippen molar-refractivity contribution in [2.45, 2.75) is 39.7 Å². The van der Waals surface area contributed by atoms with Crippen LogP contribution in [0.25, 0.3) is 10.3 Å². The summed E-state index contributed by atoms with van der Waals surface area (Å²) < 4.78 is 15.1. The van der Waals surface area contributed by atoms with Gasteiger partial charge in [0.25, 0.3) is 5.56 Å². The van der Waals surface area contributed by atoms with Crippen LogP contribution in [0.4, 0.5) is 15.2 Å². The van der Waals surface area contributed by atoms with Crippen molar-refractivity contribution in [3.63, 3.8) is 0 Å². The minimum atomic E-state index is -0.460. The fourth-order valence-electron chi connectivity index (χ4n) is 3.91. The Morgan fingerprint density at radius 3 is 2.94 bits per heavy atom. The summed E-state index contributed by atoms with van der Waals surface area (Å²) in [6, 6.07) is 4.13. The van der Waals surface area contributed by atoms with Crippen LogP contribution in [-0.4, -0.2) is 46.0 Å². The molecule has 11 heteroatoms. The van der Waals surface area contributed by atoms with E-state index in [1.54, 1.807) is 13.0 Å². The molecule has 2 aromatic heterocycles. The molecule has 0 bridgehead atoms. The van der Waals surface area contributed by atoms with E-state index < -0.39 is 11.7 Å². The third-order valence-electron chi connectivity index (χ3n) is 5.77. The molecule has 2 N–H and O–H groups in total. The second-order valence-corrected chi connectivity index (χ2v) is 9.39. The number of anilines is 2. The maximum atomic E-state index is 13.5. The molecule has 4 rings (SSSR count). The highest BCUT2D eigenvalue weighted by molar-refractivity contribution is 7.22. The van der Waals surface area contributed by atoms with Gasteiger partial charge in [0.15, 0.2) is 10.8 Å². The molecule has 0 aliphatic carbocycles. The van der Waals surface area contributed by atoms with Gasteiger partial charge >= 0.3 is 0 Å². The van der Waals surface area contributed by atoms with Gasteiger partial charge in [-0.2, -0.15) is 4.98 Å². The highest BCUT2D eigenvalue weighted by Crippen LogP contribution is 2.29. The molecule has 1 fully saturated rings. The topological polar surface area (TPSA) is 109 Å². The van der Waals surface area contributed by atoms with Crippen LogP contribution in [0.15, 0.2) is 29.3 Å². The predicted molar refractivity (Wildman–Crippen MR) is 130 cm³/mol. The molecule has 1 aliphatic rings. The molecule has 1 aliphatic heterocycles. The molecule has 0 spiro atoms. The molecule has 34 heavy (non-hydrogen) atoms. The first-order chi connectivity index (χ1) is 16.4. The zero-order valence-electron chi connectivity index (χ0n) is 19.1. The lowest BCUT2D eigenvalue weighted by atomic mass is 9.97. The first-order valence-electron chi connectivity index (χ1n) is 11.3. The van der Waals surface area contributed by atoms with E-state index in [2.05, 4.69) is 20.6 Å². The molecule has 1 unspecified atom stereocenters. The van der Waals surface area contributed by atoms with Crippen molar-refractivity contribution in [2.75, 3.05) is 29.9 Å². The van der Waals surface area contributed by atoms with E-state index in [1.165, 1.54) is 34.4 Å². The maximum Gasteiger partial charge on any atom is 0.273 e. The summed E-state index contributed by atoms with van der Waals surface area (Å²) in [5.74, 6) is -0.987. The molecule has 3 heterocycles. The van der Waals surface area contributed by atoms with Crippen LogP contribution in [0.1, 0.15) is 31.7 Å². The highest BCUT2D eigenvalue weighted by Gasteiger charge is 2.27. The van der Waals surface area contributed by atoms with Gasteiger partial charge in [-0.3, -0.25) is 19.0 Å². The normalized spacial score (nSPS) is 16.0. The van der Waals surface area contributed by atoms with Crippen LogP contribution in [0.3, 0.4) is 0 Å². The van der Waals surface area contributed by atoms with Crippen LogP contribution < -0.4 is 21.1 Å². The van der Waals surface area contributed by atoms with Gasteiger partial charge in [0, 0.05) is 25.3 Å². The summed E-state index contributed by atoms with van der Waals surface area (Å²) >= 11 is 1.22. The Hall–Kier alpha value is -3.34. The third kappa shape index (κ3) is 5.24. The number of aromatic nitrogens is 3. The Labute approximate surface area is 200 Å². The highest BCUT2D eigenvalue weighted by atomic mass is 32.1. The van der Waals surface area contributed by atoms with E-state index in [0.717, 1.165) is 25.8 Å². The van der Waals surface area contributed by atoms with Gasteiger partial charge < -0.3 is 15.5 Å². The molecule has 1 atom stereocenters. The number of halogens is 1. The van der Waals surface area contributed by atoms with Crippen LogP contribution in [0, 0.1) is 18.7 Å². The lowest BCUT2D eigenvalue weighted by Gasteiger charge is -2.31. The lowest BCUT2D eigenvalue weighted by Crippen LogP contribution is -2.43. The molecule has 0 saturated carbocycles. The predicted octanol–water partition coefficient (Wildman–Crippen LogP) is 2.68. The number of amides is 2. The second-order valence-electron chi connectivity index (χ2n) is 8.41. The van der Waals surface area contributed by atoms with E-state index in [9.17, 15) is 18.8 Å². The summed E-state index contributed by atoms with van der Waals surface area (Å²) in [4.78, 5) is 48.7. The molecule has 180 valence electrons. The maximum absolute atomic E-state index is 13.5. The lowest BCUT2D eigenvalue weighted by molar-refractivity contribution is -0.125. The Balaban J connectivity index is 1.49. The largest absolute Gasteiger partial charge is 0.356 e. The number of carbonyl (C=O) groups is 2. The number of fused-ring (bicyclic) bond motifs is 1. The number of aryl methyl sites for hydroxylation is 1. The number of carbonyl (C=O) groups excluding carboxylic acids is 2. The molecule has 1 saturated heterocycles. The van der Waals surface area contributed by atoms with Crippen LogP contribution >= 0.6 is 11.3 Å². The van der Waals surface area contributed by atoms with Crippen LogP contribution in [0.2, 0.25) is 0 Å². The Kier molecular flexibility index (Phi) is 7.20. The standard InChI is InChI=1S/C23H27FN6O3S/c1-3-8-25-21(32)15-5-4-9-29(11-15)23-28-20-19(34-23)22(33)30(13-26-20)12-18(31)27-17-10-16(24)7-6-14(17)2/h6-7,10,13,15H,3-5,8-9,11-12H2,1-2H3,(H,25,32)(H,27,31). The monoisotopic (exact) mass is 486 g/mol. The molecular weight excluding hydrogens is 459 g/mol. The molecule has 0 radical (unpaired) electrons. The number of thiazole rings is 1. The van der Waals surface area contributed by atoms with Crippen molar-refractivity contribution >= 4 is 44.3 Å². The van der Waals surface area contributed by atoms with Crippen molar-refractivity contribution in [1.29, 1.82) is 0 Å². The molecule has 9 nitrogen and oxygen atoms in total. The third-order valence-corrected chi connectivity index (χ3v) is 6.87. The summed E-state index contributed by atoms with van der Waals surface area (Å²) in [5, 5.41) is 6.23. The van der Waals surface area contributed by atoms with Gasteiger partial charge in [-0.05, 0) is 43.9 Å². The van der Waals surface area contributed by atoms with E-state index >= 15 is 0 Å². The molecule has 1 aromatic carbocycles. The number of hydrogen-bond donors (Lipinski definition) is 2. The van der Waals surface area contributed by atoms with Gasteiger partial charge in [-0.1, -0.05) is 24.3 Å². The zero-order chi connectivity index (χ0) is 24.2. The van der Waals surface area contributed by atoms with Gasteiger partial charge in [0.05, 0.1) is 5.92 Å². The summed E-state index contributed by atoms with van der Waals surface area (Å²) in [6.45, 7) is 5.47. The molecule has 2 amide bonds. The van der Waals surface area contributed by atoms with Crippen molar-refractivity contribution in [2.24, 2.45) is 5.92 Å². The average molecular weight is 487 g/mol. The van der Waals surface area contributed by atoms with Gasteiger partial charge in [-0.15, -0.1) is 0 Å². The number of piperidine rings is 1. The van der Waals surface area contributed by atoms with Crippen molar-refractivity contribution in [3.05, 3.63) is 46.3 Å². The van der Waals surface area contributed by atoms with E-state index in [4.69, 9.17) is 0 Å². The smallest absolute Gasteiger partial charge is 0.273 e. The fourth-order valence-corrected chi connectivity index (χ4v) is 4.92. The van der Waals surface area contributed by atoms with E-state index in [-0.39, 0.29) is 23.9 Å². The number of nitrogens with one attached hydrogen (secondary N) is 2. The first kappa shape index (κ1) is 23.8. The summed E-state index contributed by atoms with van der Waals surface area (Å²) in [7, 11) is 0. The van der Waals surface area contributed by atoms with Crippen molar-refractivity contribution in [1.82, 2.24) is 19.9 Å². The quantitative estimate of drug-likeness (QED) is 0.532. The van der Waals surface area contributed by atoms with E-state index in [0.29, 0.717) is 39.8 Å². The Bertz CT molecular complexity index is 1270. The minimum absolute atomic E-state index is 0.0488. The number of rotatable bonds is 7. The number of nitrogens with zero attached hydrogens (tertiary/aromatic N) is 4. The molecule has 3 aromatic rings. The number of benzene rings is 1. The van der Waals surface area contributed by atoms with Gasteiger partial charge in [0.2, 0.25) is 11.8 Å². The SMILES string of the molecule is CCCNC(=O)C1CCCN(c2nc3ncn(CC(=O)Nc4cc(F)ccc4C)c(=O)c3s2)C1. The van der Waals surface area contributed by atoms with Gasteiger partial charge in [-0.25, -0.2) is 9.37 Å². The summed E-state index contributed by atoms with van der Waals surface area (Å²) in [6.07, 6.45) is 3.86. The number of hydrogen-bond acceptors (Lipinski definition) is 7. The average Bonchev–Trinajstić information content (AvgIpc) is 3.27. The first-order valence-corrected chi connectivity index (χ1v) is 12.1. The molecular formula is C23H27FN6O3S. The zero-order valence-corrected chi connectivity index (χ0v) is 20.0. The minimum Gasteiger partial charge on any atom is -0.356 e. The van der Waals surface area contributed by atoms with Crippen molar-refractivity contribution < 1.29 is 14.0 Å². The van der Waals surface area contributed by atoms with Crippen LogP contribution in [0.5, 0.6) is 0 Å². The fraction of sp³-hybridized carbons (Fsp3) is 0.435. The summed E-state index contributed by atoms with van der Waals surface area (Å²) in [5.41, 5.74) is 1.02. The van der Waals surface area contributed by atoms with Crippen molar-refractivity contribution in [3.8, 4) is 0 Å². The Morgan fingerprint density at radius 1 is 1.32 bits per heavy atom. The Morgan fingerprint density at radius 2 is 2.15 bits per heavy atom. The van der Waals surface area contributed by atoms with E-state index in [1.807, 2.05) is 11.8 Å². The van der Waals surface area contributed by atoms with Crippen LogP contribution in [-0.2, 0) is 16.1 Å². The van der Waals surface area contributed by atoms with Gasteiger partial charge in [0.1, 0.15) is 23.4 Å². The second kappa shape index (κ2) is 10.3.